The largest absolute Gasteiger partial charge is 0.497 e. The highest BCUT2D eigenvalue weighted by atomic mass is 16.5. The molecule has 3 rings (SSSR count). The van der Waals surface area contributed by atoms with Gasteiger partial charge in [-0.2, -0.15) is 0 Å². The number of ether oxygens (including phenoxy) is 3. The summed E-state index contributed by atoms with van der Waals surface area (Å²) in [5.74, 6) is 1.17. The van der Waals surface area contributed by atoms with E-state index in [9.17, 15) is 15.0 Å². The van der Waals surface area contributed by atoms with Gasteiger partial charge in [-0.05, 0) is 61.8 Å². The molecule has 0 amide bonds. The Morgan fingerprint density at radius 1 is 1.26 bits per heavy atom. The van der Waals surface area contributed by atoms with Crippen LogP contribution in [0.1, 0.15) is 38.5 Å². The lowest BCUT2D eigenvalue weighted by Gasteiger charge is -2.21. The lowest BCUT2D eigenvalue weighted by atomic mass is 9.86. The number of carboxylic acid groups (broad SMARTS) is 1. The standard InChI is InChI=1S/C24H34O7/c1-29-18-7-9-19(10-8-18)30-15-17(25)6-12-20-21-11-5-16(3-2-4-24(27)28)14-31-23(21)13-22(20)26/h6-10,12,16-17,20-23,25-26H,2-5,11,13-15H2,1H3,(H,27,28)/b12-6+/t16-,17+,20+,21+,22+,23-/m0/s1. The topological polar surface area (TPSA) is 105 Å². The van der Waals surface area contributed by atoms with E-state index in [4.69, 9.17) is 19.3 Å². The van der Waals surface area contributed by atoms with Crippen LogP contribution in [-0.4, -0.2) is 59.9 Å². The van der Waals surface area contributed by atoms with E-state index in [2.05, 4.69) is 0 Å². The summed E-state index contributed by atoms with van der Waals surface area (Å²) in [6.07, 6.45) is 6.61. The number of methoxy groups -OCH3 is 1. The third kappa shape index (κ3) is 6.95. The minimum absolute atomic E-state index is 0.0156. The Kier molecular flexibility index (Phi) is 8.75. The molecule has 1 saturated carbocycles. The van der Waals surface area contributed by atoms with Gasteiger partial charge in [0.15, 0.2) is 0 Å². The van der Waals surface area contributed by atoms with Crippen LogP contribution in [0.4, 0.5) is 0 Å². The first kappa shape index (κ1) is 23.6. The molecule has 2 fully saturated rings. The zero-order valence-electron chi connectivity index (χ0n) is 18.1. The maximum atomic E-state index is 10.7. The molecular weight excluding hydrogens is 400 g/mol. The fourth-order valence-electron chi connectivity index (χ4n) is 4.65. The van der Waals surface area contributed by atoms with E-state index in [1.807, 2.05) is 6.08 Å². The van der Waals surface area contributed by atoms with Crippen molar-refractivity contribution >= 4 is 5.97 Å². The Bertz CT molecular complexity index is 717. The number of aliphatic hydroxyl groups is 2. The molecule has 1 aromatic rings. The van der Waals surface area contributed by atoms with Crippen LogP contribution in [0.5, 0.6) is 11.5 Å². The van der Waals surface area contributed by atoms with Crippen molar-refractivity contribution in [3.05, 3.63) is 36.4 Å². The van der Waals surface area contributed by atoms with Gasteiger partial charge in [-0.3, -0.25) is 4.79 Å². The smallest absolute Gasteiger partial charge is 0.303 e. The van der Waals surface area contributed by atoms with Crippen molar-refractivity contribution in [2.45, 2.75) is 56.8 Å². The predicted molar refractivity (Wildman–Crippen MR) is 115 cm³/mol. The number of benzene rings is 1. The lowest BCUT2D eigenvalue weighted by Crippen LogP contribution is -2.22. The Morgan fingerprint density at radius 3 is 2.71 bits per heavy atom. The highest BCUT2D eigenvalue weighted by Gasteiger charge is 2.43. The Labute approximate surface area is 183 Å². The molecule has 1 aliphatic heterocycles. The van der Waals surface area contributed by atoms with Gasteiger partial charge < -0.3 is 29.5 Å². The van der Waals surface area contributed by atoms with Crippen LogP contribution in [0.25, 0.3) is 0 Å². The number of hydrogen-bond acceptors (Lipinski definition) is 6. The number of fused-ring (bicyclic) bond motifs is 1. The minimum atomic E-state index is -0.774. The molecule has 1 saturated heterocycles. The molecule has 7 heteroatoms. The summed E-state index contributed by atoms with van der Waals surface area (Å²) in [6.45, 7) is 0.754. The van der Waals surface area contributed by atoms with Crippen molar-refractivity contribution < 1.29 is 34.3 Å². The second kappa shape index (κ2) is 11.5. The molecule has 0 unspecified atom stereocenters. The number of carbonyl (C=O) groups is 1. The van der Waals surface area contributed by atoms with Crippen LogP contribution < -0.4 is 9.47 Å². The number of rotatable bonds is 10. The zero-order chi connectivity index (χ0) is 22.2. The summed E-state index contributed by atoms with van der Waals surface area (Å²) in [5, 5.41) is 29.6. The van der Waals surface area contributed by atoms with E-state index in [0.717, 1.165) is 25.0 Å². The maximum absolute atomic E-state index is 10.7. The summed E-state index contributed by atoms with van der Waals surface area (Å²) in [6, 6.07) is 7.17. The quantitative estimate of drug-likeness (QED) is 0.486. The van der Waals surface area contributed by atoms with Crippen LogP contribution in [0.3, 0.4) is 0 Å². The monoisotopic (exact) mass is 434 g/mol. The second-order valence-electron chi connectivity index (χ2n) is 8.58. The molecule has 3 N–H and O–H groups in total. The van der Waals surface area contributed by atoms with Crippen molar-refractivity contribution in [3.8, 4) is 11.5 Å². The van der Waals surface area contributed by atoms with E-state index < -0.39 is 18.2 Å². The molecule has 0 bridgehead atoms. The van der Waals surface area contributed by atoms with Gasteiger partial charge in [0.05, 0.1) is 19.3 Å². The van der Waals surface area contributed by atoms with Gasteiger partial charge in [0.1, 0.15) is 24.2 Å². The molecule has 1 aliphatic carbocycles. The van der Waals surface area contributed by atoms with E-state index >= 15 is 0 Å². The molecule has 31 heavy (non-hydrogen) atoms. The van der Waals surface area contributed by atoms with E-state index in [-0.39, 0.29) is 31.0 Å². The summed E-state index contributed by atoms with van der Waals surface area (Å²) < 4.78 is 16.8. The fourth-order valence-corrected chi connectivity index (χ4v) is 4.65. The molecule has 1 aromatic carbocycles. The maximum Gasteiger partial charge on any atom is 0.303 e. The van der Waals surface area contributed by atoms with Gasteiger partial charge in [0, 0.05) is 25.4 Å². The normalized spacial score (nSPS) is 29.3. The number of hydrogen-bond donors (Lipinski definition) is 3. The molecule has 1 heterocycles. The van der Waals surface area contributed by atoms with Crippen LogP contribution in [0.15, 0.2) is 36.4 Å². The van der Waals surface area contributed by atoms with Crippen LogP contribution in [-0.2, 0) is 9.53 Å². The first-order chi connectivity index (χ1) is 15.0. The van der Waals surface area contributed by atoms with Crippen LogP contribution in [0.2, 0.25) is 0 Å². The number of aliphatic hydroxyl groups excluding tert-OH is 2. The SMILES string of the molecule is COc1ccc(OC[C@H](O)/C=C/[C@@H]2[C@H]3CC[C@H](CCCC(=O)O)CO[C@H]3C[C@H]2O)cc1. The van der Waals surface area contributed by atoms with Gasteiger partial charge in [-0.1, -0.05) is 12.2 Å². The zero-order valence-corrected chi connectivity index (χ0v) is 18.1. The Morgan fingerprint density at radius 2 is 2.00 bits per heavy atom. The van der Waals surface area contributed by atoms with Crippen molar-refractivity contribution in [3.63, 3.8) is 0 Å². The molecule has 172 valence electrons. The summed E-state index contributed by atoms with van der Waals surface area (Å²) in [7, 11) is 1.60. The van der Waals surface area contributed by atoms with Crippen molar-refractivity contribution in [2.75, 3.05) is 20.3 Å². The highest BCUT2D eigenvalue weighted by Crippen LogP contribution is 2.42. The highest BCUT2D eigenvalue weighted by molar-refractivity contribution is 5.66. The minimum Gasteiger partial charge on any atom is -0.497 e. The fraction of sp³-hybridized carbons (Fsp3) is 0.625. The number of carboxylic acids is 1. The third-order valence-electron chi connectivity index (χ3n) is 6.38. The number of aliphatic carboxylic acids is 1. The lowest BCUT2D eigenvalue weighted by molar-refractivity contribution is -0.137. The predicted octanol–water partition coefficient (Wildman–Crippen LogP) is 3.04. The van der Waals surface area contributed by atoms with Gasteiger partial charge in [-0.25, -0.2) is 0 Å². The summed E-state index contributed by atoms with van der Waals surface area (Å²) >= 11 is 0. The van der Waals surface area contributed by atoms with Gasteiger partial charge in [0.25, 0.3) is 0 Å². The Hall–Kier alpha value is -2.09. The molecule has 0 spiro atoms. The summed E-state index contributed by atoms with van der Waals surface area (Å²) in [5.41, 5.74) is 0. The molecule has 6 atom stereocenters. The third-order valence-corrected chi connectivity index (χ3v) is 6.38. The van der Waals surface area contributed by atoms with E-state index in [0.29, 0.717) is 31.1 Å². The Balaban J connectivity index is 1.48. The van der Waals surface area contributed by atoms with Gasteiger partial charge >= 0.3 is 5.97 Å². The van der Waals surface area contributed by atoms with Gasteiger partial charge in [0.2, 0.25) is 0 Å². The van der Waals surface area contributed by atoms with Crippen molar-refractivity contribution in [2.24, 2.45) is 17.8 Å². The van der Waals surface area contributed by atoms with E-state index in [1.165, 1.54) is 0 Å². The molecule has 7 nitrogen and oxygen atoms in total. The average Bonchev–Trinajstić information content (AvgIpc) is 2.92. The van der Waals surface area contributed by atoms with Crippen LogP contribution in [0, 0.1) is 17.8 Å². The molecule has 0 radical (unpaired) electrons. The van der Waals surface area contributed by atoms with Crippen LogP contribution >= 0.6 is 0 Å². The molecule has 2 aliphatic rings. The van der Waals surface area contributed by atoms with E-state index in [1.54, 1.807) is 37.5 Å². The van der Waals surface area contributed by atoms with Gasteiger partial charge in [-0.15, -0.1) is 0 Å². The molecular formula is C24H34O7. The average molecular weight is 435 g/mol. The first-order valence-corrected chi connectivity index (χ1v) is 11.1. The van der Waals surface area contributed by atoms with Crippen molar-refractivity contribution in [1.29, 1.82) is 0 Å². The summed E-state index contributed by atoms with van der Waals surface area (Å²) in [4.78, 5) is 10.7. The second-order valence-corrected chi connectivity index (χ2v) is 8.58. The first-order valence-electron chi connectivity index (χ1n) is 11.1. The van der Waals surface area contributed by atoms with Crippen molar-refractivity contribution in [1.82, 2.24) is 0 Å². The molecule has 0 aromatic heterocycles.